The van der Waals surface area contributed by atoms with Gasteiger partial charge in [-0.05, 0) is 31.1 Å². The Bertz CT molecular complexity index is 178. The monoisotopic (exact) mass is 227 g/mol. The molecule has 96 valence electrons. The molecule has 0 aromatic carbocycles. The number of hydrogen-bond donors (Lipinski definition) is 1. The summed E-state index contributed by atoms with van der Waals surface area (Å²) in [7, 11) is 0. The fourth-order valence-corrected chi connectivity index (χ4v) is 1.92. The molecule has 1 fully saturated rings. The first-order valence-corrected chi connectivity index (χ1v) is 6.98. The van der Waals surface area contributed by atoms with Gasteiger partial charge in [-0.25, -0.2) is 0 Å². The molecule has 2 atom stereocenters. The molecule has 0 saturated heterocycles. The molecular formula is C14H29NO. The van der Waals surface area contributed by atoms with Gasteiger partial charge in [0.2, 0.25) is 0 Å². The molecule has 1 aliphatic rings. The molecule has 0 aromatic heterocycles. The molecule has 1 aliphatic carbocycles. The van der Waals surface area contributed by atoms with Gasteiger partial charge in [-0.3, -0.25) is 0 Å². The standard InChI is InChI=1S/C14H29NO/c1-5-6-12(4)10-16-14(11(2)3)9-15-13-7-8-13/h11-15H,5-10H2,1-4H3. The molecule has 1 saturated carbocycles. The largest absolute Gasteiger partial charge is 0.376 e. The predicted molar refractivity (Wildman–Crippen MR) is 69.7 cm³/mol. The van der Waals surface area contributed by atoms with Gasteiger partial charge in [0.15, 0.2) is 0 Å². The Balaban J connectivity index is 2.15. The first kappa shape index (κ1) is 14.0. The van der Waals surface area contributed by atoms with Gasteiger partial charge in [0.05, 0.1) is 6.10 Å². The summed E-state index contributed by atoms with van der Waals surface area (Å²) in [6.07, 6.45) is 5.64. The van der Waals surface area contributed by atoms with Gasteiger partial charge >= 0.3 is 0 Å². The van der Waals surface area contributed by atoms with Crippen LogP contribution in [-0.2, 0) is 4.74 Å². The highest BCUT2D eigenvalue weighted by Crippen LogP contribution is 2.19. The second-order valence-corrected chi connectivity index (χ2v) is 5.69. The Labute approximate surface area is 101 Å². The average Bonchev–Trinajstić information content (AvgIpc) is 3.01. The van der Waals surface area contributed by atoms with E-state index in [1.807, 2.05) is 0 Å². The van der Waals surface area contributed by atoms with Crippen LogP contribution in [0.25, 0.3) is 0 Å². The van der Waals surface area contributed by atoms with Gasteiger partial charge in [-0.2, -0.15) is 0 Å². The molecule has 0 radical (unpaired) electrons. The van der Waals surface area contributed by atoms with Gasteiger partial charge in [0.1, 0.15) is 0 Å². The van der Waals surface area contributed by atoms with Crippen molar-refractivity contribution in [1.82, 2.24) is 5.32 Å². The predicted octanol–water partition coefficient (Wildman–Crippen LogP) is 3.22. The van der Waals surface area contributed by atoms with Crippen LogP contribution in [0.5, 0.6) is 0 Å². The van der Waals surface area contributed by atoms with Crippen LogP contribution in [0, 0.1) is 11.8 Å². The van der Waals surface area contributed by atoms with Crippen LogP contribution in [0.1, 0.15) is 53.4 Å². The lowest BCUT2D eigenvalue weighted by atomic mass is 10.1. The van der Waals surface area contributed by atoms with E-state index in [4.69, 9.17) is 4.74 Å². The minimum absolute atomic E-state index is 0.389. The molecule has 2 heteroatoms. The summed E-state index contributed by atoms with van der Waals surface area (Å²) >= 11 is 0. The van der Waals surface area contributed by atoms with E-state index in [9.17, 15) is 0 Å². The van der Waals surface area contributed by atoms with Crippen molar-refractivity contribution in [3.8, 4) is 0 Å². The zero-order valence-electron chi connectivity index (χ0n) is 11.5. The van der Waals surface area contributed by atoms with Crippen molar-refractivity contribution in [3.63, 3.8) is 0 Å². The highest BCUT2D eigenvalue weighted by molar-refractivity contribution is 4.82. The van der Waals surface area contributed by atoms with E-state index >= 15 is 0 Å². The molecule has 0 aromatic rings. The lowest BCUT2D eigenvalue weighted by Crippen LogP contribution is -2.35. The maximum absolute atomic E-state index is 6.03. The normalized spacial score (nSPS) is 20.1. The molecular weight excluding hydrogens is 198 g/mol. The third-order valence-electron chi connectivity index (χ3n) is 3.30. The summed E-state index contributed by atoms with van der Waals surface area (Å²) in [5, 5.41) is 3.57. The second kappa shape index (κ2) is 7.29. The zero-order valence-corrected chi connectivity index (χ0v) is 11.5. The van der Waals surface area contributed by atoms with E-state index in [0.29, 0.717) is 17.9 Å². The van der Waals surface area contributed by atoms with E-state index in [1.54, 1.807) is 0 Å². The second-order valence-electron chi connectivity index (χ2n) is 5.69. The first-order chi connectivity index (χ1) is 7.63. The van der Waals surface area contributed by atoms with Gasteiger partial charge in [-0.15, -0.1) is 0 Å². The van der Waals surface area contributed by atoms with E-state index in [1.165, 1.54) is 25.7 Å². The SMILES string of the molecule is CCCC(C)COC(CNC1CC1)C(C)C. The highest BCUT2D eigenvalue weighted by atomic mass is 16.5. The molecule has 2 unspecified atom stereocenters. The van der Waals surface area contributed by atoms with E-state index in [-0.39, 0.29) is 0 Å². The van der Waals surface area contributed by atoms with Crippen LogP contribution >= 0.6 is 0 Å². The van der Waals surface area contributed by atoms with Gasteiger partial charge in [0.25, 0.3) is 0 Å². The number of nitrogens with one attached hydrogen (secondary N) is 1. The smallest absolute Gasteiger partial charge is 0.0722 e. The van der Waals surface area contributed by atoms with Crippen LogP contribution in [0.4, 0.5) is 0 Å². The highest BCUT2D eigenvalue weighted by Gasteiger charge is 2.23. The summed E-state index contributed by atoms with van der Waals surface area (Å²) in [5.74, 6) is 1.31. The average molecular weight is 227 g/mol. The van der Waals surface area contributed by atoms with Crippen molar-refractivity contribution in [2.75, 3.05) is 13.2 Å². The molecule has 0 amide bonds. The van der Waals surface area contributed by atoms with Crippen molar-refractivity contribution < 1.29 is 4.74 Å². The Hall–Kier alpha value is -0.0800. The minimum atomic E-state index is 0.389. The lowest BCUT2D eigenvalue weighted by Gasteiger charge is -2.24. The number of hydrogen-bond acceptors (Lipinski definition) is 2. The maximum Gasteiger partial charge on any atom is 0.0722 e. The van der Waals surface area contributed by atoms with Crippen LogP contribution < -0.4 is 5.32 Å². The minimum Gasteiger partial charge on any atom is -0.376 e. The molecule has 1 N–H and O–H groups in total. The summed E-state index contributed by atoms with van der Waals surface area (Å²) in [4.78, 5) is 0. The van der Waals surface area contributed by atoms with Crippen LogP contribution in [-0.4, -0.2) is 25.3 Å². The van der Waals surface area contributed by atoms with E-state index in [2.05, 4.69) is 33.0 Å². The quantitative estimate of drug-likeness (QED) is 0.653. The third-order valence-corrected chi connectivity index (χ3v) is 3.30. The zero-order chi connectivity index (χ0) is 12.0. The fraction of sp³-hybridized carbons (Fsp3) is 1.00. The molecule has 1 rings (SSSR count). The summed E-state index contributed by atoms with van der Waals surface area (Å²) < 4.78 is 6.03. The molecule has 16 heavy (non-hydrogen) atoms. The van der Waals surface area contributed by atoms with Crippen molar-refractivity contribution in [3.05, 3.63) is 0 Å². The molecule has 0 aliphatic heterocycles. The van der Waals surface area contributed by atoms with Crippen molar-refractivity contribution >= 4 is 0 Å². The summed E-state index contributed by atoms with van der Waals surface area (Å²) in [6.45, 7) is 11.0. The van der Waals surface area contributed by atoms with Gasteiger partial charge in [-0.1, -0.05) is 34.1 Å². The van der Waals surface area contributed by atoms with Crippen LogP contribution in [0.2, 0.25) is 0 Å². The molecule has 0 bridgehead atoms. The van der Waals surface area contributed by atoms with Crippen molar-refractivity contribution in [2.45, 2.75) is 65.5 Å². The molecule has 2 nitrogen and oxygen atoms in total. The van der Waals surface area contributed by atoms with Crippen molar-refractivity contribution in [1.29, 1.82) is 0 Å². The Morgan fingerprint density at radius 1 is 1.25 bits per heavy atom. The van der Waals surface area contributed by atoms with Crippen molar-refractivity contribution in [2.24, 2.45) is 11.8 Å². The Morgan fingerprint density at radius 3 is 2.44 bits per heavy atom. The number of ether oxygens (including phenoxy) is 1. The Kier molecular flexibility index (Phi) is 6.37. The fourth-order valence-electron chi connectivity index (χ4n) is 1.92. The van der Waals surface area contributed by atoms with E-state index < -0.39 is 0 Å². The van der Waals surface area contributed by atoms with E-state index in [0.717, 1.165) is 19.2 Å². The van der Waals surface area contributed by atoms with Gasteiger partial charge < -0.3 is 10.1 Å². The van der Waals surface area contributed by atoms with Crippen LogP contribution in [0.15, 0.2) is 0 Å². The summed E-state index contributed by atoms with van der Waals surface area (Å²) in [5.41, 5.74) is 0. The maximum atomic E-state index is 6.03. The molecule has 0 spiro atoms. The summed E-state index contributed by atoms with van der Waals surface area (Å²) in [6, 6.07) is 0.790. The van der Waals surface area contributed by atoms with Gasteiger partial charge in [0, 0.05) is 19.2 Å². The number of rotatable bonds is 9. The van der Waals surface area contributed by atoms with Crippen LogP contribution in [0.3, 0.4) is 0 Å². The molecule has 0 heterocycles. The lowest BCUT2D eigenvalue weighted by molar-refractivity contribution is 0.00408. The Morgan fingerprint density at radius 2 is 1.94 bits per heavy atom. The first-order valence-electron chi connectivity index (χ1n) is 6.98. The third kappa shape index (κ3) is 5.86. The topological polar surface area (TPSA) is 21.3 Å².